The van der Waals surface area contributed by atoms with Gasteiger partial charge < -0.3 is 5.73 Å². The fourth-order valence-electron chi connectivity index (χ4n) is 0.974. The lowest BCUT2D eigenvalue weighted by atomic mass is 10.3. The van der Waals surface area contributed by atoms with E-state index in [-0.39, 0.29) is 18.2 Å². The summed E-state index contributed by atoms with van der Waals surface area (Å²) in [4.78, 5) is 1.34. The average Bonchev–Trinajstić information content (AvgIpc) is 2.53. The number of hydrogen-bond donors (Lipinski definition) is 1. The van der Waals surface area contributed by atoms with Crippen molar-refractivity contribution in [2.75, 3.05) is 5.73 Å². The molecule has 0 fully saturated rings. The van der Waals surface area contributed by atoms with Crippen LogP contribution in [0.1, 0.15) is 0 Å². The first kappa shape index (κ1) is 10.5. The number of rotatable bonds is 1. The van der Waals surface area contributed by atoms with Crippen LogP contribution >= 0.6 is 12.4 Å². The van der Waals surface area contributed by atoms with Gasteiger partial charge in [0.25, 0.3) is 0 Å². The fraction of sp³-hybridized carbons (Fsp3) is 0. The van der Waals surface area contributed by atoms with Gasteiger partial charge >= 0.3 is 0 Å². The van der Waals surface area contributed by atoms with Crippen molar-refractivity contribution < 1.29 is 4.39 Å². The van der Waals surface area contributed by atoms with Crippen LogP contribution in [-0.2, 0) is 0 Å². The number of nitrogen functional groups attached to an aromatic ring is 1. The Kier molecular flexibility index (Phi) is 3.03. The van der Waals surface area contributed by atoms with Crippen LogP contribution in [0.2, 0.25) is 0 Å². The standard InChI is InChI=1S/C8H7FN4.ClH/c9-6-1-3-7(4-2-6)13-11-5-8(10)12-13;/h1-5H,(H2,10,12);1H. The van der Waals surface area contributed by atoms with Crippen molar-refractivity contribution >= 4 is 18.2 Å². The quantitative estimate of drug-likeness (QED) is 0.781. The Bertz CT molecular complexity index is 412. The zero-order valence-electron chi connectivity index (χ0n) is 7.09. The molecule has 0 aliphatic carbocycles. The summed E-state index contributed by atoms with van der Waals surface area (Å²) in [5.74, 6) is 0.0493. The first-order chi connectivity index (χ1) is 6.25. The van der Waals surface area contributed by atoms with Gasteiger partial charge in [0.15, 0.2) is 5.82 Å². The van der Waals surface area contributed by atoms with E-state index >= 15 is 0 Å². The van der Waals surface area contributed by atoms with Crippen molar-refractivity contribution in [1.29, 1.82) is 0 Å². The van der Waals surface area contributed by atoms with E-state index in [2.05, 4.69) is 10.2 Å². The Morgan fingerprint density at radius 2 is 1.86 bits per heavy atom. The van der Waals surface area contributed by atoms with Gasteiger partial charge in [0.05, 0.1) is 11.9 Å². The summed E-state index contributed by atoms with van der Waals surface area (Å²) in [7, 11) is 0. The number of nitrogens with two attached hydrogens (primary N) is 1. The minimum Gasteiger partial charge on any atom is -0.381 e. The third-order valence-electron chi connectivity index (χ3n) is 1.57. The van der Waals surface area contributed by atoms with E-state index < -0.39 is 0 Å². The van der Waals surface area contributed by atoms with Crippen LogP contribution < -0.4 is 5.73 Å². The molecule has 2 aromatic rings. The third kappa shape index (κ3) is 2.00. The molecule has 2 rings (SSSR count). The van der Waals surface area contributed by atoms with Crippen LogP contribution in [0, 0.1) is 5.82 Å². The van der Waals surface area contributed by atoms with Gasteiger partial charge in [-0.2, -0.15) is 5.10 Å². The van der Waals surface area contributed by atoms with Crippen molar-refractivity contribution in [3.8, 4) is 5.69 Å². The Hall–Kier alpha value is -1.62. The van der Waals surface area contributed by atoms with Crippen molar-refractivity contribution in [3.63, 3.8) is 0 Å². The molecule has 0 atom stereocenters. The summed E-state index contributed by atoms with van der Waals surface area (Å²) in [5, 5.41) is 7.75. The number of anilines is 1. The SMILES string of the molecule is Cl.Nc1cnn(-c2ccc(F)cc2)n1. The fourth-order valence-corrected chi connectivity index (χ4v) is 0.974. The highest BCUT2D eigenvalue weighted by Gasteiger charge is 1.99. The smallest absolute Gasteiger partial charge is 0.166 e. The molecule has 0 saturated heterocycles. The van der Waals surface area contributed by atoms with Gasteiger partial charge in [-0.15, -0.1) is 22.3 Å². The summed E-state index contributed by atoms with van der Waals surface area (Å²) in [5.41, 5.74) is 6.06. The summed E-state index contributed by atoms with van der Waals surface area (Å²) in [6.45, 7) is 0. The molecule has 74 valence electrons. The summed E-state index contributed by atoms with van der Waals surface area (Å²) >= 11 is 0. The molecule has 1 aromatic carbocycles. The summed E-state index contributed by atoms with van der Waals surface area (Å²) in [6, 6.07) is 5.84. The molecular weight excluding hydrogens is 207 g/mol. The largest absolute Gasteiger partial charge is 0.381 e. The second kappa shape index (κ2) is 4.06. The van der Waals surface area contributed by atoms with E-state index in [1.165, 1.54) is 23.1 Å². The molecule has 14 heavy (non-hydrogen) atoms. The molecule has 1 heterocycles. The van der Waals surface area contributed by atoms with Crippen LogP contribution in [0.4, 0.5) is 10.2 Å². The summed E-state index contributed by atoms with van der Waals surface area (Å²) < 4.78 is 12.5. The molecule has 4 nitrogen and oxygen atoms in total. The second-order valence-electron chi connectivity index (χ2n) is 2.54. The lowest BCUT2D eigenvalue weighted by molar-refractivity contribution is 0.626. The number of aromatic nitrogens is 3. The van der Waals surface area contributed by atoms with Crippen LogP contribution in [0.3, 0.4) is 0 Å². The maximum atomic E-state index is 12.5. The molecular formula is C8H8ClFN4. The van der Waals surface area contributed by atoms with E-state index in [4.69, 9.17) is 5.73 Å². The van der Waals surface area contributed by atoms with Gasteiger partial charge in [0.1, 0.15) is 5.82 Å². The Morgan fingerprint density at radius 1 is 1.21 bits per heavy atom. The predicted octanol–water partition coefficient (Wildman–Crippen LogP) is 1.41. The highest BCUT2D eigenvalue weighted by Crippen LogP contribution is 2.06. The summed E-state index contributed by atoms with van der Waals surface area (Å²) in [6.07, 6.45) is 1.43. The molecule has 0 saturated carbocycles. The van der Waals surface area contributed by atoms with Crippen molar-refractivity contribution in [3.05, 3.63) is 36.3 Å². The predicted molar refractivity (Wildman–Crippen MR) is 53.0 cm³/mol. The van der Waals surface area contributed by atoms with E-state index in [0.29, 0.717) is 11.5 Å². The first-order valence-corrected chi connectivity index (χ1v) is 3.69. The minimum atomic E-state index is -0.288. The topological polar surface area (TPSA) is 56.7 Å². The highest BCUT2D eigenvalue weighted by atomic mass is 35.5. The van der Waals surface area contributed by atoms with E-state index in [9.17, 15) is 4.39 Å². The Morgan fingerprint density at radius 3 is 2.36 bits per heavy atom. The molecule has 0 amide bonds. The molecule has 1 aromatic heterocycles. The lowest BCUT2D eigenvalue weighted by Crippen LogP contribution is -1.98. The molecule has 0 unspecified atom stereocenters. The zero-order valence-corrected chi connectivity index (χ0v) is 7.91. The molecule has 0 spiro atoms. The lowest BCUT2D eigenvalue weighted by Gasteiger charge is -1.97. The molecule has 0 radical (unpaired) electrons. The normalized spacial score (nSPS) is 9.50. The number of hydrogen-bond acceptors (Lipinski definition) is 3. The molecule has 2 N–H and O–H groups in total. The maximum absolute atomic E-state index is 12.5. The number of benzene rings is 1. The van der Waals surface area contributed by atoms with E-state index in [1.807, 2.05) is 0 Å². The average molecular weight is 215 g/mol. The van der Waals surface area contributed by atoms with E-state index in [1.54, 1.807) is 12.1 Å². The van der Waals surface area contributed by atoms with Gasteiger partial charge in [0.2, 0.25) is 0 Å². The van der Waals surface area contributed by atoms with Gasteiger partial charge in [-0.25, -0.2) is 4.39 Å². The van der Waals surface area contributed by atoms with Crippen LogP contribution in [0.5, 0.6) is 0 Å². The monoisotopic (exact) mass is 214 g/mol. The molecule has 6 heteroatoms. The van der Waals surface area contributed by atoms with Gasteiger partial charge in [0, 0.05) is 0 Å². The third-order valence-corrected chi connectivity index (χ3v) is 1.57. The number of nitrogens with zero attached hydrogens (tertiary/aromatic N) is 3. The van der Waals surface area contributed by atoms with Gasteiger partial charge in [-0.05, 0) is 24.3 Å². The zero-order chi connectivity index (χ0) is 9.26. The van der Waals surface area contributed by atoms with Crippen LogP contribution in [-0.4, -0.2) is 15.0 Å². The Balaban J connectivity index is 0.000000980. The van der Waals surface area contributed by atoms with E-state index in [0.717, 1.165) is 0 Å². The number of halogens is 2. The molecule has 0 aliphatic heterocycles. The van der Waals surface area contributed by atoms with Crippen molar-refractivity contribution in [2.45, 2.75) is 0 Å². The van der Waals surface area contributed by atoms with Crippen LogP contribution in [0.25, 0.3) is 5.69 Å². The minimum absolute atomic E-state index is 0. The van der Waals surface area contributed by atoms with Gasteiger partial charge in [-0.1, -0.05) is 0 Å². The molecule has 0 aliphatic rings. The Labute approximate surface area is 85.9 Å². The van der Waals surface area contributed by atoms with Crippen molar-refractivity contribution in [2.24, 2.45) is 0 Å². The second-order valence-corrected chi connectivity index (χ2v) is 2.54. The van der Waals surface area contributed by atoms with Gasteiger partial charge in [-0.3, -0.25) is 0 Å². The maximum Gasteiger partial charge on any atom is 0.166 e. The highest BCUT2D eigenvalue weighted by molar-refractivity contribution is 5.85. The van der Waals surface area contributed by atoms with Crippen LogP contribution in [0.15, 0.2) is 30.5 Å². The molecule has 0 bridgehead atoms. The first-order valence-electron chi connectivity index (χ1n) is 3.69. The van der Waals surface area contributed by atoms with Crippen molar-refractivity contribution in [1.82, 2.24) is 15.0 Å².